The van der Waals surface area contributed by atoms with Crippen LogP contribution >= 0.6 is 0 Å². The lowest BCUT2D eigenvalue weighted by molar-refractivity contribution is 0.233. The summed E-state index contributed by atoms with van der Waals surface area (Å²) < 4.78 is 43.6. The van der Waals surface area contributed by atoms with Gasteiger partial charge in [-0.15, -0.1) is 4.21 Å². The van der Waals surface area contributed by atoms with Gasteiger partial charge in [0.15, 0.2) is 0 Å². The van der Waals surface area contributed by atoms with Crippen molar-refractivity contribution in [2.24, 2.45) is 0 Å². The van der Waals surface area contributed by atoms with Crippen molar-refractivity contribution in [2.75, 3.05) is 56.1 Å². The predicted octanol–water partition coefficient (Wildman–Crippen LogP) is 3.67. The van der Waals surface area contributed by atoms with Crippen molar-refractivity contribution < 1.29 is 13.0 Å². The average molecular weight is 567 g/mol. The quantitative estimate of drug-likeness (QED) is 0.261. The lowest BCUT2D eigenvalue weighted by atomic mass is 10.1. The predicted molar refractivity (Wildman–Crippen MR) is 156 cm³/mol. The van der Waals surface area contributed by atoms with Gasteiger partial charge >= 0.3 is 0 Å². The number of anilines is 2. The fourth-order valence-electron chi connectivity index (χ4n) is 5.34. The second kappa shape index (κ2) is 11.7. The van der Waals surface area contributed by atoms with Gasteiger partial charge in [-0.1, -0.05) is 6.07 Å². The molecule has 6 rings (SSSR count). The van der Waals surface area contributed by atoms with Crippen LogP contribution in [-0.4, -0.2) is 75.1 Å². The van der Waals surface area contributed by atoms with Gasteiger partial charge in [0.05, 0.1) is 16.5 Å². The molecule has 0 amide bonds. The van der Waals surface area contributed by atoms with Crippen LogP contribution in [0.25, 0.3) is 16.7 Å². The molecule has 0 aliphatic carbocycles. The third kappa shape index (κ3) is 5.92. The first-order valence-electron chi connectivity index (χ1n) is 13.7. The standard InChI is InChI=1S/C29H33F2N7OS/c1-20-2-3-23(14-22(20)18-36-8-5-32-6-9-36)34-29-33-17-21-4-7-38(28(21)35-29)24-15-26(30)25(27(31)16-24)19-37-10-12-40(39)13-11-37/h2-4,7,14-17,32H,5-6,8-13,18-19H2,1H3,(H,33,34,35)/p+1. The molecule has 2 aromatic heterocycles. The minimum absolute atomic E-state index is 0.0327. The number of hydrogen-bond acceptors (Lipinski definition) is 7. The molecule has 0 spiro atoms. The van der Waals surface area contributed by atoms with E-state index in [2.05, 4.69) is 39.6 Å². The summed E-state index contributed by atoms with van der Waals surface area (Å²) in [5.74, 6) is 0.349. The number of nitrogens with zero attached hydrogens (tertiary/aromatic N) is 5. The number of aryl methyl sites for hydroxylation is 1. The molecule has 0 radical (unpaired) electrons. The van der Waals surface area contributed by atoms with E-state index in [1.165, 1.54) is 23.3 Å². The first-order chi connectivity index (χ1) is 19.4. The summed E-state index contributed by atoms with van der Waals surface area (Å²) in [4.78, 5) is 13.6. The molecule has 2 aromatic carbocycles. The molecule has 4 heterocycles. The van der Waals surface area contributed by atoms with Crippen molar-refractivity contribution in [3.05, 3.63) is 77.1 Å². The number of nitrogens with one attached hydrogen (secondary N) is 2. The van der Waals surface area contributed by atoms with Gasteiger partial charge in [0.2, 0.25) is 5.95 Å². The second-order valence-electron chi connectivity index (χ2n) is 10.5. The Hall–Kier alpha value is -3.25. The lowest BCUT2D eigenvalue weighted by Gasteiger charge is -2.28. The number of rotatable bonds is 7. The first kappa shape index (κ1) is 26.9. The average Bonchev–Trinajstić information content (AvgIpc) is 3.37. The highest BCUT2D eigenvalue weighted by atomic mass is 32.2. The van der Waals surface area contributed by atoms with E-state index in [0.29, 0.717) is 41.9 Å². The summed E-state index contributed by atoms with van der Waals surface area (Å²) in [6.45, 7) is 8.40. The summed E-state index contributed by atoms with van der Waals surface area (Å²) >= 11 is 0. The zero-order valence-corrected chi connectivity index (χ0v) is 23.4. The van der Waals surface area contributed by atoms with E-state index in [9.17, 15) is 4.21 Å². The zero-order chi connectivity index (χ0) is 27.6. The van der Waals surface area contributed by atoms with E-state index in [4.69, 9.17) is 4.98 Å². The van der Waals surface area contributed by atoms with Crippen LogP contribution in [0.5, 0.6) is 0 Å². The van der Waals surface area contributed by atoms with E-state index in [-0.39, 0.29) is 12.1 Å². The molecule has 0 saturated carbocycles. The number of benzene rings is 2. The Morgan fingerprint density at radius 3 is 2.45 bits per heavy atom. The highest BCUT2D eigenvalue weighted by Crippen LogP contribution is 2.26. The van der Waals surface area contributed by atoms with Gasteiger partial charge in [0.25, 0.3) is 0 Å². The number of piperazine rings is 1. The smallest absolute Gasteiger partial charge is 0.229 e. The molecule has 2 aliphatic rings. The maximum absolute atomic E-state index is 15.2. The fraction of sp³-hybridized carbons (Fsp3) is 0.379. The second-order valence-corrected chi connectivity index (χ2v) is 12.4. The van der Waals surface area contributed by atoms with Gasteiger partial charge in [0.1, 0.15) is 28.8 Å². The van der Waals surface area contributed by atoms with Crippen molar-refractivity contribution in [3.63, 3.8) is 0 Å². The highest BCUT2D eigenvalue weighted by molar-refractivity contribution is 7.85. The first-order valence-corrected chi connectivity index (χ1v) is 15.3. The number of fused-ring (bicyclic) bond motifs is 1. The zero-order valence-electron chi connectivity index (χ0n) is 22.5. The largest absolute Gasteiger partial charge is 0.324 e. The maximum atomic E-state index is 15.2. The van der Waals surface area contributed by atoms with E-state index < -0.39 is 22.4 Å². The molecule has 0 bridgehead atoms. The van der Waals surface area contributed by atoms with Gasteiger partial charge < -0.3 is 15.2 Å². The fourth-order valence-corrected chi connectivity index (χ4v) is 6.57. The summed E-state index contributed by atoms with van der Waals surface area (Å²) in [5.41, 5.74) is 4.31. The Kier molecular flexibility index (Phi) is 7.88. The molecule has 40 heavy (non-hydrogen) atoms. The van der Waals surface area contributed by atoms with Crippen LogP contribution in [0.1, 0.15) is 16.7 Å². The van der Waals surface area contributed by atoms with Crippen LogP contribution in [0.3, 0.4) is 0 Å². The highest BCUT2D eigenvalue weighted by Gasteiger charge is 2.23. The van der Waals surface area contributed by atoms with Crippen molar-refractivity contribution in [1.82, 2.24) is 29.7 Å². The number of halogens is 2. The van der Waals surface area contributed by atoms with Gasteiger partial charge in [-0.2, -0.15) is 4.98 Å². The SMILES string of the molecule is Cc1ccc(Nc2ncc3ccn(-c4cc(F)c(CN5CC[SH+](=O)CC5)c(F)c4)c3n2)cc1CN1CCNCC1. The normalized spacial score (nSPS) is 17.5. The Morgan fingerprint density at radius 2 is 1.70 bits per heavy atom. The van der Waals surface area contributed by atoms with Gasteiger partial charge in [-0.05, 0) is 48.4 Å². The van der Waals surface area contributed by atoms with Gasteiger partial charge in [0, 0.05) is 81.4 Å². The lowest BCUT2D eigenvalue weighted by Crippen LogP contribution is -2.43. The molecule has 2 N–H and O–H groups in total. The molecule has 2 fully saturated rings. The summed E-state index contributed by atoms with van der Waals surface area (Å²) in [7, 11) is -1.19. The van der Waals surface area contributed by atoms with Crippen LogP contribution in [-0.2, 0) is 28.1 Å². The van der Waals surface area contributed by atoms with Crippen molar-refractivity contribution in [1.29, 1.82) is 0 Å². The van der Waals surface area contributed by atoms with Crippen molar-refractivity contribution in [3.8, 4) is 5.69 Å². The molecule has 4 aromatic rings. The topological polar surface area (TPSA) is 78.3 Å². The maximum Gasteiger partial charge on any atom is 0.229 e. The monoisotopic (exact) mass is 566 g/mol. The molecular weight excluding hydrogens is 532 g/mol. The van der Waals surface area contributed by atoms with Crippen LogP contribution in [0.2, 0.25) is 0 Å². The molecule has 11 heteroatoms. The molecule has 2 aliphatic heterocycles. The summed E-state index contributed by atoms with van der Waals surface area (Å²) in [6.07, 6.45) is 3.45. The number of hydrogen-bond donors (Lipinski definition) is 2. The molecule has 210 valence electrons. The van der Waals surface area contributed by atoms with Crippen LogP contribution in [0, 0.1) is 18.6 Å². The molecular formula is C29H34F2N7OS+. The van der Waals surface area contributed by atoms with Crippen LogP contribution < -0.4 is 10.6 Å². The number of thiol groups is 1. The summed E-state index contributed by atoms with van der Waals surface area (Å²) in [5, 5.41) is 7.46. The van der Waals surface area contributed by atoms with Crippen molar-refractivity contribution >= 4 is 33.5 Å². The Morgan fingerprint density at radius 1 is 0.975 bits per heavy atom. The molecule has 8 nitrogen and oxygen atoms in total. The Labute approximate surface area is 234 Å². The molecule has 0 atom stereocenters. The third-order valence-electron chi connectivity index (χ3n) is 7.75. The minimum atomic E-state index is -1.19. The van der Waals surface area contributed by atoms with E-state index in [0.717, 1.165) is 43.8 Å². The van der Waals surface area contributed by atoms with Crippen LogP contribution in [0.4, 0.5) is 20.4 Å². The van der Waals surface area contributed by atoms with E-state index >= 15 is 8.78 Å². The Balaban J connectivity index is 1.23. The molecule has 0 unspecified atom stereocenters. The minimum Gasteiger partial charge on any atom is -0.324 e. The third-order valence-corrected chi connectivity index (χ3v) is 9.15. The summed E-state index contributed by atoms with van der Waals surface area (Å²) in [6, 6.07) is 10.8. The Bertz CT molecular complexity index is 1520. The van der Waals surface area contributed by atoms with Crippen molar-refractivity contribution in [2.45, 2.75) is 20.0 Å². The number of aromatic nitrogens is 3. The van der Waals surface area contributed by atoms with E-state index in [1.54, 1.807) is 17.0 Å². The molecule has 2 saturated heterocycles. The van der Waals surface area contributed by atoms with E-state index in [1.807, 2.05) is 17.0 Å². The van der Waals surface area contributed by atoms with Gasteiger partial charge in [-0.3, -0.25) is 9.80 Å². The van der Waals surface area contributed by atoms with Crippen LogP contribution in [0.15, 0.2) is 48.8 Å². The van der Waals surface area contributed by atoms with Gasteiger partial charge in [-0.25, -0.2) is 13.8 Å².